The highest BCUT2D eigenvalue weighted by atomic mass is 32.2. The number of nitrogens with zero attached hydrogens (tertiary/aromatic N) is 4. The monoisotopic (exact) mass is 356 g/mol. The van der Waals surface area contributed by atoms with Gasteiger partial charge in [-0.2, -0.15) is 16.1 Å². The first-order valence-corrected chi connectivity index (χ1v) is 10.3. The molecule has 0 aromatic carbocycles. The normalized spacial score (nSPS) is 16.9. The van der Waals surface area contributed by atoms with Crippen molar-refractivity contribution in [3.8, 4) is 0 Å². The lowest BCUT2D eigenvalue weighted by atomic mass is 10.3. The molecule has 3 rings (SSSR count). The van der Waals surface area contributed by atoms with E-state index < -0.39 is 10.0 Å². The summed E-state index contributed by atoms with van der Waals surface area (Å²) in [6, 6.07) is 3.12. The third kappa shape index (κ3) is 3.17. The fourth-order valence-corrected chi connectivity index (χ4v) is 5.12. The number of aromatic nitrogens is 3. The number of hydrogen-bond donors (Lipinski definition) is 0. The van der Waals surface area contributed by atoms with Crippen molar-refractivity contribution in [2.45, 2.75) is 31.2 Å². The van der Waals surface area contributed by atoms with Gasteiger partial charge in [0.25, 0.3) is 0 Å². The molecule has 0 spiro atoms. The molecule has 1 aliphatic heterocycles. The van der Waals surface area contributed by atoms with Crippen LogP contribution in [0, 0.1) is 0 Å². The third-order valence-corrected chi connectivity index (χ3v) is 6.71. The van der Waals surface area contributed by atoms with E-state index in [4.69, 9.17) is 0 Å². The average molecular weight is 356 g/mol. The Hall–Kier alpha value is -1.32. The molecule has 0 unspecified atom stereocenters. The predicted octanol–water partition coefficient (Wildman–Crippen LogP) is 1.03. The van der Waals surface area contributed by atoms with Crippen molar-refractivity contribution in [1.29, 1.82) is 0 Å². The minimum absolute atomic E-state index is 0.147. The van der Waals surface area contributed by atoms with Crippen LogP contribution in [0.1, 0.15) is 19.8 Å². The van der Waals surface area contributed by atoms with Crippen molar-refractivity contribution in [1.82, 2.24) is 18.5 Å². The highest BCUT2D eigenvalue weighted by Gasteiger charge is 2.26. The lowest BCUT2D eigenvalue weighted by molar-refractivity contribution is 0.443. The number of aryl methyl sites for hydroxylation is 1. The first-order chi connectivity index (χ1) is 11.0. The Morgan fingerprint density at radius 3 is 2.70 bits per heavy atom. The van der Waals surface area contributed by atoms with Crippen LogP contribution in [0.5, 0.6) is 0 Å². The Balaban J connectivity index is 1.99. The van der Waals surface area contributed by atoms with Gasteiger partial charge in [-0.15, -0.1) is 5.10 Å². The lowest BCUT2D eigenvalue weighted by Crippen LogP contribution is -2.38. The zero-order valence-corrected chi connectivity index (χ0v) is 14.6. The molecule has 7 nitrogen and oxygen atoms in total. The summed E-state index contributed by atoms with van der Waals surface area (Å²) in [5.41, 5.74) is 0.180. The van der Waals surface area contributed by atoms with E-state index in [1.807, 2.05) is 6.92 Å². The summed E-state index contributed by atoms with van der Waals surface area (Å²) in [6.07, 6.45) is 3.22. The minimum atomic E-state index is -3.55. The predicted molar refractivity (Wildman–Crippen MR) is 90.4 cm³/mol. The van der Waals surface area contributed by atoms with Gasteiger partial charge in [0, 0.05) is 37.3 Å². The summed E-state index contributed by atoms with van der Waals surface area (Å²) in [5.74, 6) is 1.60. The molecule has 0 amide bonds. The zero-order valence-electron chi connectivity index (χ0n) is 13.0. The summed E-state index contributed by atoms with van der Waals surface area (Å²) in [6.45, 7) is 3.61. The standard InChI is InChI=1S/C14H20N4O3S2/c1-2-3-6-18-14(19)17-11-12(4-5-13(17)15-18)23(20,21)16-7-9-22-10-8-16/h4-5,11H,2-3,6-10H2,1H3. The smallest absolute Gasteiger partial charge is 0.249 e. The number of sulfonamides is 1. The van der Waals surface area contributed by atoms with Gasteiger partial charge in [-0.3, -0.25) is 0 Å². The molecular formula is C14H20N4O3S2. The first-order valence-electron chi connectivity index (χ1n) is 7.71. The van der Waals surface area contributed by atoms with Crippen molar-refractivity contribution in [2.75, 3.05) is 24.6 Å². The molecule has 0 bridgehead atoms. The Labute approximate surface area is 139 Å². The van der Waals surface area contributed by atoms with Crippen LogP contribution in [0.15, 0.2) is 28.0 Å². The van der Waals surface area contributed by atoms with Crippen LogP contribution >= 0.6 is 11.8 Å². The van der Waals surface area contributed by atoms with E-state index in [2.05, 4.69) is 5.10 Å². The molecule has 9 heteroatoms. The van der Waals surface area contributed by atoms with Gasteiger partial charge in [-0.25, -0.2) is 22.3 Å². The van der Waals surface area contributed by atoms with Gasteiger partial charge in [0.2, 0.25) is 10.0 Å². The van der Waals surface area contributed by atoms with E-state index in [1.54, 1.807) is 17.8 Å². The molecule has 3 heterocycles. The zero-order chi connectivity index (χ0) is 16.4. The topological polar surface area (TPSA) is 76.7 Å². The van der Waals surface area contributed by atoms with Gasteiger partial charge in [-0.05, 0) is 18.6 Å². The van der Waals surface area contributed by atoms with Crippen molar-refractivity contribution >= 4 is 27.4 Å². The highest BCUT2D eigenvalue weighted by molar-refractivity contribution is 7.99. The maximum atomic E-state index is 12.7. The van der Waals surface area contributed by atoms with Crippen LogP contribution in [0.2, 0.25) is 0 Å². The number of fused-ring (bicyclic) bond motifs is 1. The first kappa shape index (κ1) is 16.5. The van der Waals surface area contributed by atoms with E-state index >= 15 is 0 Å². The Morgan fingerprint density at radius 1 is 1.26 bits per heavy atom. The molecule has 1 saturated heterocycles. The van der Waals surface area contributed by atoms with E-state index in [0.717, 1.165) is 24.3 Å². The molecule has 126 valence electrons. The molecule has 2 aromatic heterocycles. The van der Waals surface area contributed by atoms with Crippen molar-refractivity contribution < 1.29 is 8.42 Å². The van der Waals surface area contributed by atoms with Crippen LogP contribution < -0.4 is 5.69 Å². The third-order valence-electron chi connectivity index (χ3n) is 3.88. The van der Waals surface area contributed by atoms with E-state index in [-0.39, 0.29) is 10.6 Å². The van der Waals surface area contributed by atoms with Crippen LogP contribution in [0.4, 0.5) is 0 Å². The molecule has 0 atom stereocenters. The number of unbranched alkanes of at least 4 members (excludes halogenated alkanes) is 1. The summed E-state index contributed by atoms with van der Waals surface area (Å²) >= 11 is 1.75. The van der Waals surface area contributed by atoms with Gasteiger partial charge in [-0.1, -0.05) is 13.3 Å². The van der Waals surface area contributed by atoms with Gasteiger partial charge >= 0.3 is 5.69 Å². The van der Waals surface area contributed by atoms with Gasteiger partial charge in [0.05, 0.1) is 4.90 Å². The Kier molecular flexibility index (Phi) is 4.79. The van der Waals surface area contributed by atoms with Gasteiger partial charge in [0.15, 0.2) is 5.65 Å². The Bertz CT molecular complexity index is 851. The molecule has 0 N–H and O–H groups in total. The van der Waals surface area contributed by atoms with E-state index in [0.29, 0.717) is 25.3 Å². The number of pyridine rings is 1. The second-order valence-electron chi connectivity index (χ2n) is 5.47. The van der Waals surface area contributed by atoms with Crippen molar-refractivity contribution in [3.05, 3.63) is 28.8 Å². The maximum Gasteiger partial charge on any atom is 0.350 e. The average Bonchev–Trinajstić information content (AvgIpc) is 2.89. The summed E-state index contributed by atoms with van der Waals surface area (Å²) in [7, 11) is -3.55. The quantitative estimate of drug-likeness (QED) is 0.800. The molecule has 1 aliphatic rings. The summed E-state index contributed by atoms with van der Waals surface area (Å²) in [4.78, 5) is 12.5. The minimum Gasteiger partial charge on any atom is -0.249 e. The van der Waals surface area contributed by atoms with Gasteiger partial charge in [0.1, 0.15) is 0 Å². The van der Waals surface area contributed by atoms with Crippen LogP contribution in [0.25, 0.3) is 5.65 Å². The van der Waals surface area contributed by atoms with Crippen molar-refractivity contribution in [3.63, 3.8) is 0 Å². The molecule has 1 fully saturated rings. The van der Waals surface area contributed by atoms with Crippen molar-refractivity contribution in [2.24, 2.45) is 0 Å². The number of rotatable bonds is 5. The fraction of sp³-hybridized carbons (Fsp3) is 0.571. The largest absolute Gasteiger partial charge is 0.350 e. The second-order valence-corrected chi connectivity index (χ2v) is 8.63. The summed E-state index contributed by atoms with van der Waals surface area (Å²) < 4.78 is 29.6. The molecular weight excluding hydrogens is 336 g/mol. The Morgan fingerprint density at radius 2 is 2.00 bits per heavy atom. The number of thioether (sulfide) groups is 1. The highest BCUT2D eigenvalue weighted by Crippen LogP contribution is 2.20. The van der Waals surface area contributed by atoms with Gasteiger partial charge < -0.3 is 0 Å². The lowest BCUT2D eigenvalue weighted by Gasteiger charge is -2.25. The molecule has 0 aliphatic carbocycles. The maximum absolute atomic E-state index is 12.7. The molecule has 2 aromatic rings. The summed E-state index contributed by atoms with van der Waals surface area (Å²) in [5, 5.41) is 4.24. The van der Waals surface area contributed by atoms with Crippen LogP contribution in [-0.4, -0.2) is 51.5 Å². The number of hydrogen-bond acceptors (Lipinski definition) is 5. The molecule has 0 saturated carbocycles. The fourth-order valence-electron chi connectivity index (χ4n) is 2.54. The van der Waals surface area contributed by atoms with E-state index in [9.17, 15) is 13.2 Å². The second kappa shape index (κ2) is 6.66. The van der Waals surface area contributed by atoms with Crippen LogP contribution in [0.3, 0.4) is 0 Å². The molecule has 0 radical (unpaired) electrons. The SMILES string of the molecule is CCCCn1nc2ccc(S(=O)(=O)N3CCSCC3)cn2c1=O. The van der Waals surface area contributed by atoms with E-state index in [1.165, 1.54) is 25.7 Å². The van der Waals surface area contributed by atoms with Crippen LogP contribution in [-0.2, 0) is 16.6 Å². The molecule has 23 heavy (non-hydrogen) atoms.